The zero-order valence-electron chi connectivity index (χ0n) is 15.3. The number of nitrogens with two attached hydrogens (primary N) is 1. The summed E-state index contributed by atoms with van der Waals surface area (Å²) in [5, 5.41) is 3.09. The molecule has 0 radical (unpaired) electrons. The molecule has 0 atom stereocenters. The largest absolute Gasteiger partial charge is 0.452 e. The van der Waals surface area contributed by atoms with Crippen molar-refractivity contribution < 1.29 is 19.1 Å². The lowest BCUT2D eigenvalue weighted by molar-refractivity contribution is -0.119. The maximum Gasteiger partial charge on any atom is 0.338 e. The van der Waals surface area contributed by atoms with Crippen LogP contribution < -0.4 is 11.1 Å². The Morgan fingerprint density at radius 2 is 1.89 bits per heavy atom. The maximum absolute atomic E-state index is 12.2. The van der Waals surface area contributed by atoms with E-state index >= 15 is 0 Å². The highest BCUT2D eigenvalue weighted by atomic mass is 32.1. The van der Waals surface area contributed by atoms with Crippen molar-refractivity contribution in [1.29, 1.82) is 0 Å². The number of carbonyl (C=O) groups is 3. The zero-order chi connectivity index (χ0) is 19.6. The van der Waals surface area contributed by atoms with Gasteiger partial charge in [-0.05, 0) is 48.4 Å². The predicted octanol–water partition coefficient (Wildman–Crippen LogP) is 3.25. The number of fused-ring (bicyclic) bond motifs is 1. The normalized spacial score (nSPS) is 12.7. The lowest BCUT2D eigenvalue weighted by Crippen LogP contribution is -2.22. The van der Waals surface area contributed by atoms with Gasteiger partial charge in [0.25, 0.3) is 11.8 Å². The molecule has 0 saturated heterocycles. The zero-order valence-corrected chi connectivity index (χ0v) is 16.2. The second-order valence-electron chi connectivity index (χ2n) is 6.83. The number of hydrogen-bond donors (Lipinski definition) is 2. The molecule has 0 spiro atoms. The van der Waals surface area contributed by atoms with E-state index < -0.39 is 24.4 Å². The van der Waals surface area contributed by atoms with Crippen molar-refractivity contribution >= 4 is 34.1 Å². The van der Waals surface area contributed by atoms with Crippen LogP contribution >= 0.6 is 11.3 Å². The van der Waals surface area contributed by atoms with Gasteiger partial charge >= 0.3 is 5.97 Å². The summed E-state index contributed by atoms with van der Waals surface area (Å²) in [6.07, 6.45) is 2.67. The van der Waals surface area contributed by atoms with Gasteiger partial charge in [-0.25, -0.2) is 4.79 Å². The molecule has 1 aromatic carbocycles. The van der Waals surface area contributed by atoms with Crippen LogP contribution in [-0.4, -0.2) is 24.4 Å². The summed E-state index contributed by atoms with van der Waals surface area (Å²) >= 11 is 1.37. The number of thiophene rings is 1. The minimum absolute atomic E-state index is 0.368. The second kappa shape index (κ2) is 7.92. The second-order valence-corrected chi connectivity index (χ2v) is 7.93. The summed E-state index contributed by atoms with van der Waals surface area (Å²) in [5.41, 5.74) is 8.30. The molecule has 6 nitrogen and oxygen atoms in total. The summed E-state index contributed by atoms with van der Waals surface area (Å²) in [5.74, 6) is -1.24. The summed E-state index contributed by atoms with van der Waals surface area (Å²) in [7, 11) is 0. The van der Waals surface area contributed by atoms with Gasteiger partial charge in [0, 0.05) is 4.88 Å². The summed E-state index contributed by atoms with van der Waals surface area (Å²) in [4.78, 5) is 37.1. The molecule has 27 heavy (non-hydrogen) atoms. The summed E-state index contributed by atoms with van der Waals surface area (Å²) in [6.45, 7) is 3.71. The maximum atomic E-state index is 12.2. The van der Waals surface area contributed by atoms with Crippen molar-refractivity contribution in [2.75, 3.05) is 11.9 Å². The first kappa shape index (κ1) is 19.1. The fourth-order valence-electron chi connectivity index (χ4n) is 3.13. The Morgan fingerprint density at radius 1 is 1.19 bits per heavy atom. The van der Waals surface area contributed by atoms with Crippen molar-refractivity contribution in [2.24, 2.45) is 5.73 Å². The third-order valence-corrected chi connectivity index (χ3v) is 5.78. The van der Waals surface area contributed by atoms with E-state index in [1.54, 1.807) is 12.1 Å². The minimum Gasteiger partial charge on any atom is -0.452 e. The highest BCUT2D eigenvalue weighted by molar-refractivity contribution is 7.17. The van der Waals surface area contributed by atoms with E-state index in [1.165, 1.54) is 11.3 Å². The number of rotatable bonds is 6. The molecule has 142 valence electrons. The molecular formula is C20H22N2O4S. The molecule has 0 fully saturated rings. The van der Waals surface area contributed by atoms with Crippen molar-refractivity contribution in [2.45, 2.75) is 39.0 Å². The fourth-order valence-corrected chi connectivity index (χ4v) is 4.45. The van der Waals surface area contributed by atoms with Crippen molar-refractivity contribution in [3.8, 4) is 0 Å². The molecule has 1 aliphatic carbocycles. The number of nitrogens with one attached hydrogen (secondary N) is 1. The number of anilines is 1. The van der Waals surface area contributed by atoms with Crippen molar-refractivity contribution in [1.82, 2.24) is 0 Å². The number of carbonyl (C=O) groups excluding carboxylic acids is 3. The first-order chi connectivity index (χ1) is 12.9. The SMILES string of the molecule is CC(C)c1ccc(C(=O)OCC(=O)Nc2sc3c(c2C(N)=O)CCC3)cc1. The molecule has 3 rings (SSSR count). The minimum atomic E-state index is -0.566. The average Bonchev–Trinajstić information content (AvgIpc) is 3.20. The third-order valence-electron chi connectivity index (χ3n) is 4.57. The molecule has 2 amide bonds. The van der Waals surface area contributed by atoms with Crippen LogP contribution in [0, 0.1) is 0 Å². The highest BCUT2D eigenvalue weighted by Crippen LogP contribution is 2.38. The molecule has 1 heterocycles. The number of primary amides is 1. The molecule has 0 bridgehead atoms. The van der Waals surface area contributed by atoms with Crippen LogP contribution in [0.1, 0.15) is 62.9 Å². The van der Waals surface area contributed by atoms with Gasteiger partial charge < -0.3 is 15.8 Å². The Hall–Kier alpha value is -2.67. The van der Waals surface area contributed by atoms with Crippen LogP contribution in [0.4, 0.5) is 5.00 Å². The Labute approximate surface area is 161 Å². The number of aryl methyl sites for hydroxylation is 1. The quantitative estimate of drug-likeness (QED) is 0.745. The Kier molecular flexibility index (Phi) is 5.60. The number of hydrogen-bond acceptors (Lipinski definition) is 5. The van der Waals surface area contributed by atoms with Crippen LogP contribution in [-0.2, 0) is 22.4 Å². The van der Waals surface area contributed by atoms with Gasteiger partial charge in [-0.2, -0.15) is 0 Å². The van der Waals surface area contributed by atoms with E-state index in [9.17, 15) is 14.4 Å². The number of ether oxygens (including phenoxy) is 1. The molecular weight excluding hydrogens is 364 g/mol. The van der Waals surface area contributed by atoms with Gasteiger partial charge in [0.2, 0.25) is 0 Å². The molecule has 1 aromatic heterocycles. The average molecular weight is 386 g/mol. The summed E-state index contributed by atoms with van der Waals surface area (Å²) < 4.78 is 5.08. The first-order valence-electron chi connectivity index (χ1n) is 8.88. The van der Waals surface area contributed by atoms with Gasteiger partial charge in [0.1, 0.15) is 5.00 Å². The molecule has 7 heteroatoms. The van der Waals surface area contributed by atoms with E-state index in [0.29, 0.717) is 22.0 Å². The molecule has 0 aliphatic heterocycles. The van der Waals surface area contributed by atoms with E-state index in [1.807, 2.05) is 12.1 Å². The van der Waals surface area contributed by atoms with Crippen LogP contribution in [0.15, 0.2) is 24.3 Å². The molecule has 3 N–H and O–H groups in total. The Bertz CT molecular complexity index is 884. The summed E-state index contributed by atoms with van der Waals surface area (Å²) in [6, 6.07) is 7.11. The van der Waals surface area contributed by atoms with Crippen molar-refractivity contribution in [3.63, 3.8) is 0 Å². The predicted molar refractivity (Wildman–Crippen MR) is 104 cm³/mol. The van der Waals surface area contributed by atoms with E-state index in [4.69, 9.17) is 10.5 Å². The highest BCUT2D eigenvalue weighted by Gasteiger charge is 2.26. The van der Waals surface area contributed by atoms with E-state index in [0.717, 1.165) is 35.3 Å². The standard InChI is InChI=1S/C20H22N2O4S/c1-11(2)12-6-8-13(9-7-12)20(25)26-10-16(23)22-19-17(18(21)24)14-4-3-5-15(14)27-19/h6-9,11H,3-5,10H2,1-2H3,(H2,21,24)(H,22,23). The molecule has 0 unspecified atom stereocenters. The van der Waals surface area contributed by atoms with Crippen LogP contribution in [0.25, 0.3) is 0 Å². The van der Waals surface area contributed by atoms with Crippen LogP contribution in [0.3, 0.4) is 0 Å². The van der Waals surface area contributed by atoms with Gasteiger partial charge in [-0.15, -0.1) is 11.3 Å². The lowest BCUT2D eigenvalue weighted by atomic mass is 10.0. The first-order valence-corrected chi connectivity index (χ1v) is 9.69. The smallest absolute Gasteiger partial charge is 0.338 e. The number of esters is 1. The molecule has 1 aliphatic rings. The number of benzene rings is 1. The fraction of sp³-hybridized carbons (Fsp3) is 0.350. The molecule has 0 saturated carbocycles. The van der Waals surface area contributed by atoms with Gasteiger partial charge in [0.15, 0.2) is 6.61 Å². The van der Waals surface area contributed by atoms with Crippen molar-refractivity contribution in [3.05, 3.63) is 51.4 Å². The van der Waals surface area contributed by atoms with E-state index in [-0.39, 0.29) is 0 Å². The van der Waals surface area contributed by atoms with Crippen LogP contribution in [0.5, 0.6) is 0 Å². The van der Waals surface area contributed by atoms with E-state index in [2.05, 4.69) is 19.2 Å². The monoisotopic (exact) mass is 386 g/mol. The van der Waals surface area contributed by atoms with Gasteiger partial charge in [0.05, 0.1) is 11.1 Å². The third kappa shape index (κ3) is 4.19. The molecule has 2 aromatic rings. The van der Waals surface area contributed by atoms with Gasteiger partial charge in [-0.3, -0.25) is 9.59 Å². The number of amides is 2. The lowest BCUT2D eigenvalue weighted by Gasteiger charge is -2.08. The Morgan fingerprint density at radius 3 is 2.52 bits per heavy atom. The topological polar surface area (TPSA) is 98.5 Å². The van der Waals surface area contributed by atoms with Gasteiger partial charge in [-0.1, -0.05) is 26.0 Å². The van der Waals surface area contributed by atoms with Crippen LogP contribution in [0.2, 0.25) is 0 Å². The Balaban J connectivity index is 1.60.